The van der Waals surface area contributed by atoms with E-state index in [0.29, 0.717) is 16.8 Å². The van der Waals surface area contributed by atoms with Crippen LogP contribution in [0.5, 0.6) is 0 Å². The minimum Gasteiger partial charge on any atom is -0.325 e. The molecule has 2 N–H and O–H groups in total. The molecule has 0 heterocycles. The van der Waals surface area contributed by atoms with Crippen LogP contribution < -0.4 is 5.73 Å². The lowest BCUT2D eigenvalue weighted by Gasteiger charge is -2.33. The van der Waals surface area contributed by atoms with Gasteiger partial charge in [0.2, 0.25) is 0 Å². The van der Waals surface area contributed by atoms with Crippen molar-refractivity contribution in [3.8, 4) is 0 Å². The second-order valence-corrected chi connectivity index (χ2v) is 5.42. The van der Waals surface area contributed by atoms with E-state index in [1.165, 1.54) is 6.07 Å². The van der Waals surface area contributed by atoms with Crippen LogP contribution in [-0.4, -0.2) is 5.54 Å². The Bertz CT molecular complexity index is 365. The zero-order valence-electron chi connectivity index (χ0n) is 10.1. The molecule has 0 bridgehead atoms. The van der Waals surface area contributed by atoms with E-state index in [9.17, 15) is 4.39 Å². The summed E-state index contributed by atoms with van der Waals surface area (Å²) >= 11 is 3.28. The molecule has 1 aromatic rings. The van der Waals surface area contributed by atoms with E-state index < -0.39 is 0 Å². The maximum atomic E-state index is 13.4. The summed E-state index contributed by atoms with van der Waals surface area (Å²) in [7, 11) is 0. The van der Waals surface area contributed by atoms with Crippen LogP contribution in [0.15, 0.2) is 22.7 Å². The number of hydrogen-bond donors (Lipinski definition) is 1. The fraction of sp³-hybridized carbons (Fsp3) is 0.538. The fourth-order valence-corrected chi connectivity index (χ4v) is 2.18. The normalized spacial score (nSPS) is 15.2. The Morgan fingerprint density at radius 2 is 2.06 bits per heavy atom. The standard InChI is InChI=1S/C13H19BrFN/c1-4-13(16,9(2)3)8-10-6-5-7-11(15)12(10)14/h5-7,9H,4,8,16H2,1-3H3. The Morgan fingerprint density at radius 3 is 2.56 bits per heavy atom. The Labute approximate surface area is 105 Å². The van der Waals surface area contributed by atoms with Crippen LogP contribution in [0.4, 0.5) is 4.39 Å². The molecule has 90 valence electrons. The second-order valence-electron chi connectivity index (χ2n) is 4.63. The highest BCUT2D eigenvalue weighted by Crippen LogP contribution is 2.28. The summed E-state index contributed by atoms with van der Waals surface area (Å²) < 4.78 is 13.9. The molecule has 1 rings (SSSR count). The summed E-state index contributed by atoms with van der Waals surface area (Å²) in [6.45, 7) is 6.29. The predicted octanol–water partition coefficient (Wildman–Crippen LogP) is 3.89. The van der Waals surface area contributed by atoms with E-state index in [2.05, 4.69) is 36.7 Å². The predicted molar refractivity (Wildman–Crippen MR) is 69.9 cm³/mol. The van der Waals surface area contributed by atoms with Crippen LogP contribution >= 0.6 is 15.9 Å². The van der Waals surface area contributed by atoms with Crippen LogP contribution in [0.3, 0.4) is 0 Å². The molecule has 16 heavy (non-hydrogen) atoms. The van der Waals surface area contributed by atoms with E-state index in [0.717, 1.165) is 12.0 Å². The quantitative estimate of drug-likeness (QED) is 0.893. The molecule has 1 nitrogen and oxygen atoms in total. The highest BCUT2D eigenvalue weighted by atomic mass is 79.9. The van der Waals surface area contributed by atoms with Crippen molar-refractivity contribution >= 4 is 15.9 Å². The van der Waals surface area contributed by atoms with Crippen molar-refractivity contribution in [3.63, 3.8) is 0 Å². The van der Waals surface area contributed by atoms with Crippen molar-refractivity contribution in [3.05, 3.63) is 34.1 Å². The van der Waals surface area contributed by atoms with Crippen LogP contribution in [0.2, 0.25) is 0 Å². The van der Waals surface area contributed by atoms with Crippen LogP contribution in [0.25, 0.3) is 0 Å². The molecule has 0 aliphatic carbocycles. The van der Waals surface area contributed by atoms with Gasteiger partial charge < -0.3 is 5.73 Å². The zero-order valence-corrected chi connectivity index (χ0v) is 11.6. The summed E-state index contributed by atoms with van der Waals surface area (Å²) in [5.74, 6) is 0.146. The number of rotatable bonds is 4. The largest absolute Gasteiger partial charge is 0.325 e. The highest BCUT2D eigenvalue weighted by Gasteiger charge is 2.28. The first kappa shape index (κ1) is 13.7. The SMILES string of the molecule is CCC(N)(Cc1cccc(F)c1Br)C(C)C. The topological polar surface area (TPSA) is 26.0 Å². The molecular weight excluding hydrogens is 269 g/mol. The number of hydrogen-bond acceptors (Lipinski definition) is 1. The fourth-order valence-electron chi connectivity index (χ4n) is 1.78. The monoisotopic (exact) mass is 287 g/mol. The van der Waals surface area contributed by atoms with Crippen molar-refractivity contribution < 1.29 is 4.39 Å². The summed E-state index contributed by atoms with van der Waals surface area (Å²) in [5, 5.41) is 0. The van der Waals surface area contributed by atoms with Crippen molar-refractivity contribution in [2.75, 3.05) is 0 Å². The first-order valence-corrected chi connectivity index (χ1v) is 6.41. The van der Waals surface area contributed by atoms with Gasteiger partial charge in [0.05, 0.1) is 4.47 Å². The van der Waals surface area contributed by atoms with E-state index >= 15 is 0 Å². The lowest BCUT2D eigenvalue weighted by Crippen LogP contribution is -2.46. The van der Waals surface area contributed by atoms with Crippen molar-refractivity contribution in [2.24, 2.45) is 11.7 Å². The molecule has 0 aliphatic heterocycles. The molecule has 1 atom stereocenters. The van der Waals surface area contributed by atoms with Gasteiger partial charge in [-0.1, -0.05) is 32.9 Å². The van der Waals surface area contributed by atoms with E-state index in [1.807, 2.05) is 6.07 Å². The third kappa shape index (κ3) is 2.83. The first-order valence-electron chi connectivity index (χ1n) is 5.62. The summed E-state index contributed by atoms with van der Waals surface area (Å²) in [4.78, 5) is 0. The van der Waals surface area contributed by atoms with E-state index in [-0.39, 0.29) is 11.4 Å². The van der Waals surface area contributed by atoms with Gasteiger partial charge in [-0.05, 0) is 46.3 Å². The average Bonchev–Trinajstić information content (AvgIpc) is 2.24. The number of benzene rings is 1. The molecule has 0 spiro atoms. The smallest absolute Gasteiger partial charge is 0.137 e. The molecule has 3 heteroatoms. The van der Waals surface area contributed by atoms with Crippen molar-refractivity contribution in [1.29, 1.82) is 0 Å². The third-order valence-electron chi connectivity index (χ3n) is 3.36. The molecule has 1 aromatic carbocycles. The van der Waals surface area contributed by atoms with E-state index in [1.54, 1.807) is 6.07 Å². The van der Waals surface area contributed by atoms with Gasteiger partial charge in [-0.25, -0.2) is 4.39 Å². The van der Waals surface area contributed by atoms with Gasteiger partial charge >= 0.3 is 0 Å². The van der Waals surface area contributed by atoms with Gasteiger partial charge in [-0.15, -0.1) is 0 Å². The van der Waals surface area contributed by atoms with Gasteiger partial charge in [0.15, 0.2) is 0 Å². The molecule has 0 amide bonds. The molecule has 0 saturated heterocycles. The van der Waals surface area contributed by atoms with Crippen molar-refractivity contribution in [1.82, 2.24) is 0 Å². The number of nitrogens with two attached hydrogens (primary N) is 1. The third-order valence-corrected chi connectivity index (χ3v) is 4.25. The highest BCUT2D eigenvalue weighted by molar-refractivity contribution is 9.10. The average molecular weight is 288 g/mol. The molecular formula is C13H19BrFN. The lowest BCUT2D eigenvalue weighted by molar-refractivity contribution is 0.295. The molecule has 0 saturated carbocycles. The van der Waals surface area contributed by atoms with Crippen LogP contribution in [-0.2, 0) is 6.42 Å². The minimum atomic E-state index is -0.268. The summed E-state index contributed by atoms with van der Waals surface area (Å²) in [5.41, 5.74) is 7.02. The van der Waals surface area contributed by atoms with E-state index in [4.69, 9.17) is 5.73 Å². The Balaban J connectivity index is 2.99. The lowest BCUT2D eigenvalue weighted by atomic mass is 9.80. The minimum absolute atomic E-state index is 0.222. The zero-order chi connectivity index (χ0) is 12.3. The summed E-state index contributed by atoms with van der Waals surface area (Å²) in [6, 6.07) is 5.10. The molecule has 0 aliphatic rings. The van der Waals surface area contributed by atoms with Gasteiger partial charge in [0.25, 0.3) is 0 Å². The van der Waals surface area contributed by atoms with Gasteiger partial charge in [0, 0.05) is 5.54 Å². The van der Waals surface area contributed by atoms with Gasteiger partial charge in [-0.3, -0.25) is 0 Å². The first-order chi connectivity index (χ1) is 7.40. The van der Waals surface area contributed by atoms with Crippen LogP contribution in [0.1, 0.15) is 32.8 Å². The number of halogens is 2. The second kappa shape index (κ2) is 5.28. The maximum absolute atomic E-state index is 13.4. The Hall–Kier alpha value is -0.410. The Kier molecular flexibility index (Phi) is 4.51. The van der Waals surface area contributed by atoms with Gasteiger partial charge in [0.1, 0.15) is 5.82 Å². The Morgan fingerprint density at radius 1 is 1.44 bits per heavy atom. The van der Waals surface area contributed by atoms with Gasteiger partial charge in [-0.2, -0.15) is 0 Å². The van der Waals surface area contributed by atoms with Crippen molar-refractivity contribution in [2.45, 2.75) is 39.2 Å². The maximum Gasteiger partial charge on any atom is 0.137 e. The van der Waals surface area contributed by atoms with Crippen LogP contribution in [0, 0.1) is 11.7 Å². The summed E-state index contributed by atoms with van der Waals surface area (Å²) in [6.07, 6.45) is 1.58. The molecule has 0 radical (unpaired) electrons. The molecule has 0 fully saturated rings. The molecule has 1 unspecified atom stereocenters. The molecule has 0 aromatic heterocycles.